The van der Waals surface area contributed by atoms with Gasteiger partial charge >= 0.3 is 0 Å². The predicted molar refractivity (Wildman–Crippen MR) is 128 cm³/mol. The summed E-state index contributed by atoms with van der Waals surface area (Å²) in [7, 11) is 1.79. The van der Waals surface area contributed by atoms with E-state index in [2.05, 4.69) is 25.8 Å². The summed E-state index contributed by atoms with van der Waals surface area (Å²) in [6, 6.07) is 9.31. The van der Waals surface area contributed by atoms with Crippen LogP contribution in [0.25, 0.3) is 0 Å². The van der Waals surface area contributed by atoms with Gasteiger partial charge in [0.15, 0.2) is 5.96 Å². The Balaban J connectivity index is 0.00000392. The number of aliphatic imine (C=N–C) groups is 1. The third-order valence-corrected chi connectivity index (χ3v) is 4.83. The molecule has 3 N–H and O–H groups in total. The van der Waals surface area contributed by atoms with Crippen LogP contribution in [0.3, 0.4) is 0 Å². The Morgan fingerprint density at radius 1 is 0.929 bits per heavy atom. The van der Waals surface area contributed by atoms with Gasteiger partial charge in [-0.3, -0.25) is 9.79 Å². The van der Waals surface area contributed by atoms with Crippen LogP contribution in [-0.2, 0) is 0 Å². The summed E-state index contributed by atoms with van der Waals surface area (Å²) in [6.07, 6.45) is 7.45. The lowest BCUT2D eigenvalue weighted by Crippen LogP contribution is -2.40. The third-order valence-electron chi connectivity index (χ3n) is 4.83. The lowest BCUT2D eigenvalue weighted by Gasteiger charge is -2.20. The van der Waals surface area contributed by atoms with Gasteiger partial charge < -0.3 is 20.9 Å². The number of benzene rings is 1. The molecule has 0 aromatic heterocycles. The van der Waals surface area contributed by atoms with E-state index in [4.69, 9.17) is 0 Å². The molecule has 28 heavy (non-hydrogen) atoms. The predicted octanol–water partition coefficient (Wildman–Crippen LogP) is 2.86. The van der Waals surface area contributed by atoms with Crippen molar-refractivity contribution >= 4 is 35.8 Å². The van der Waals surface area contributed by atoms with Crippen LogP contribution in [0.4, 0.5) is 0 Å². The molecule has 2 rings (SSSR count). The minimum absolute atomic E-state index is 0. The zero-order valence-electron chi connectivity index (χ0n) is 17.1. The van der Waals surface area contributed by atoms with Gasteiger partial charge in [0.25, 0.3) is 5.91 Å². The molecule has 1 amide bonds. The number of nitrogens with one attached hydrogen (secondary N) is 3. The molecule has 0 unspecified atom stereocenters. The zero-order chi connectivity index (χ0) is 19.2. The van der Waals surface area contributed by atoms with Crippen molar-refractivity contribution in [1.29, 1.82) is 0 Å². The number of rotatable bonds is 9. The van der Waals surface area contributed by atoms with Crippen molar-refractivity contribution in [3.8, 4) is 0 Å². The second kappa shape index (κ2) is 15.6. The van der Waals surface area contributed by atoms with Gasteiger partial charge in [0.2, 0.25) is 0 Å². The van der Waals surface area contributed by atoms with Gasteiger partial charge in [-0.25, -0.2) is 0 Å². The molecule has 0 saturated carbocycles. The summed E-state index contributed by atoms with van der Waals surface area (Å²) in [5.74, 6) is 0.812. The number of halogens is 1. The zero-order valence-corrected chi connectivity index (χ0v) is 19.4. The molecule has 1 aliphatic heterocycles. The Labute approximate surface area is 187 Å². The van der Waals surface area contributed by atoms with Gasteiger partial charge in [-0.05, 0) is 57.5 Å². The number of hydrogen-bond donors (Lipinski definition) is 3. The van der Waals surface area contributed by atoms with Gasteiger partial charge in [-0.1, -0.05) is 31.0 Å². The van der Waals surface area contributed by atoms with Gasteiger partial charge in [-0.15, -0.1) is 24.0 Å². The maximum atomic E-state index is 12.0. The first-order valence-electron chi connectivity index (χ1n) is 10.3. The van der Waals surface area contributed by atoms with Crippen molar-refractivity contribution in [3.05, 3.63) is 35.9 Å². The van der Waals surface area contributed by atoms with E-state index in [1.807, 2.05) is 30.3 Å². The van der Waals surface area contributed by atoms with E-state index < -0.39 is 0 Å². The van der Waals surface area contributed by atoms with Crippen molar-refractivity contribution in [2.45, 2.75) is 38.5 Å². The van der Waals surface area contributed by atoms with Crippen LogP contribution in [0.15, 0.2) is 35.3 Å². The smallest absolute Gasteiger partial charge is 0.251 e. The number of carbonyl (C=O) groups excluding carboxylic acids is 1. The molecular weight excluding hydrogens is 465 g/mol. The normalized spacial score (nSPS) is 15.2. The first-order chi connectivity index (χ1) is 13.3. The van der Waals surface area contributed by atoms with Crippen LogP contribution >= 0.6 is 24.0 Å². The molecule has 6 nitrogen and oxygen atoms in total. The van der Waals surface area contributed by atoms with E-state index in [0.29, 0.717) is 12.1 Å². The van der Waals surface area contributed by atoms with Gasteiger partial charge in [0.1, 0.15) is 0 Å². The fourth-order valence-electron chi connectivity index (χ4n) is 3.28. The Bertz CT molecular complexity index is 559. The number of guanidine groups is 1. The number of hydrogen-bond acceptors (Lipinski definition) is 3. The van der Waals surface area contributed by atoms with Crippen LogP contribution in [-0.4, -0.2) is 63.1 Å². The molecule has 0 radical (unpaired) electrons. The van der Waals surface area contributed by atoms with Gasteiger partial charge in [0.05, 0.1) is 0 Å². The van der Waals surface area contributed by atoms with Crippen LogP contribution in [0, 0.1) is 0 Å². The summed E-state index contributed by atoms with van der Waals surface area (Å²) >= 11 is 0. The molecule has 0 spiro atoms. The molecule has 0 atom stereocenters. The second-order valence-corrected chi connectivity index (χ2v) is 7.01. The average Bonchev–Trinajstić information content (AvgIpc) is 2.98. The Hall–Kier alpha value is -1.35. The minimum atomic E-state index is -0.0216. The molecule has 1 aromatic rings. The van der Waals surface area contributed by atoms with Crippen LogP contribution in [0.1, 0.15) is 48.9 Å². The summed E-state index contributed by atoms with van der Waals surface area (Å²) in [5, 5.41) is 9.62. The van der Waals surface area contributed by atoms with Gasteiger partial charge in [-0.2, -0.15) is 0 Å². The minimum Gasteiger partial charge on any atom is -0.356 e. The van der Waals surface area contributed by atoms with Crippen LogP contribution in [0.2, 0.25) is 0 Å². The van der Waals surface area contributed by atoms with E-state index in [9.17, 15) is 4.79 Å². The van der Waals surface area contributed by atoms with Crippen molar-refractivity contribution in [1.82, 2.24) is 20.9 Å². The van der Waals surface area contributed by atoms with Crippen molar-refractivity contribution in [2.75, 3.05) is 46.3 Å². The first kappa shape index (κ1) is 24.7. The molecule has 0 bridgehead atoms. The maximum absolute atomic E-state index is 12.0. The largest absolute Gasteiger partial charge is 0.356 e. The first-order valence-corrected chi connectivity index (χ1v) is 10.3. The van der Waals surface area contributed by atoms with Crippen LogP contribution in [0.5, 0.6) is 0 Å². The van der Waals surface area contributed by atoms with E-state index in [1.165, 1.54) is 38.8 Å². The molecule has 158 valence electrons. The lowest BCUT2D eigenvalue weighted by atomic mass is 10.2. The highest BCUT2D eigenvalue weighted by Gasteiger charge is 2.08. The topological polar surface area (TPSA) is 68.8 Å². The maximum Gasteiger partial charge on any atom is 0.251 e. The molecule has 1 fully saturated rings. The summed E-state index contributed by atoms with van der Waals surface area (Å²) in [6.45, 7) is 6.02. The molecule has 1 heterocycles. The van der Waals surface area contributed by atoms with E-state index >= 15 is 0 Å². The molecular formula is C21H36IN5O. The summed E-state index contributed by atoms with van der Waals surface area (Å²) in [5.41, 5.74) is 0.701. The Morgan fingerprint density at radius 3 is 2.18 bits per heavy atom. The summed E-state index contributed by atoms with van der Waals surface area (Å²) < 4.78 is 0. The average molecular weight is 501 g/mol. The highest BCUT2D eigenvalue weighted by atomic mass is 127. The number of amides is 1. The summed E-state index contributed by atoms with van der Waals surface area (Å²) in [4.78, 5) is 18.8. The molecule has 1 aliphatic rings. The van der Waals surface area contributed by atoms with Gasteiger partial charge in [0, 0.05) is 32.2 Å². The molecule has 1 aromatic carbocycles. The highest BCUT2D eigenvalue weighted by molar-refractivity contribution is 14.0. The Kier molecular flexibility index (Phi) is 13.7. The number of carbonyl (C=O) groups is 1. The van der Waals surface area contributed by atoms with Crippen molar-refractivity contribution in [3.63, 3.8) is 0 Å². The number of likely N-dealkylation sites (tertiary alicyclic amines) is 1. The third kappa shape index (κ3) is 10.3. The Morgan fingerprint density at radius 2 is 1.54 bits per heavy atom. The van der Waals surface area contributed by atoms with E-state index in [-0.39, 0.29) is 29.9 Å². The number of nitrogens with zero attached hydrogens (tertiary/aromatic N) is 2. The molecule has 0 aliphatic carbocycles. The van der Waals surface area contributed by atoms with E-state index in [1.54, 1.807) is 7.05 Å². The second-order valence-electron chi connectivity index (χ2n) is 7.01. The fourth-order valence-corrected chi connectivity index (χ4v) is 3.28. The molecule has 1 saturated heterocycles. The van der Waals surface area contributed by atoms with Crippen LogP contribution < -0.4 is 16.0 Å². The quantitative estimate of drug-likeness (QED) is 0.211. The van der Waals surface area contributed by atoms with E-state index in [0.717, 1.165) is 38.4 Å². The SMILES string of the molecule is CN=C(NCCCNC(=O)c1ccccc1)NCCCN1CCCCCC1.I. The standard InChI is InChI=1S/C21H35N5O.HI/c1-22-21(25-15-10-18-26-16-7-2-3-8-17-26)24-14-9-13-23-20(27)19-11-5-4-6-12-19;/h4-6,11-12H,2-3,7-10,13-18H2,1H3,(H,23,27)(H2,22,24,25);1H. The van der Waals surface area contributed by atoms with Crippen molar-refractivity contribution < 1.29 is 4.79 Å². The molecule has 7 heteroatoms. The monoisotopic (exact) mass is 501 g/mol. The highest BCUT2D eigenvalue weighted by Crippen LogP contribution is 2.09. The van der Waals surface area contributed by atoms with Crippen molar-refractivity contribution in [2.24, 2.45) is 4.99 Å². The lowest BCUT2D eigenvalue weighted by molar-refractivity contribution is 0.0953. The fraction of sp³-hybridized carbons (Fsp3) is 0.619.